The predicted molar refractivity (Wildman–Crippen MR) is 90.9 cm³/mol. The lowest BCUT2D eigenvalue weighted by molar-refractivity contribution is -0.122. The van der Waals surface area contributed by atoms with Crippen LogP contribution in [0.5, 0.6) is 0 Å². The van der Waals surface area contributed by atoms with Crippen molar-refractivity contribution in [3.8, 4) is 0 Å². The molecule has 1 aliphatic heterocycles. The second-order valence-corrected chi connectivity index (χ2v) is 6.49. The number of likely N-dealkylation sites (N-methyl/N-ethyl adjacent to an activating group) is 1. The maximum absolute atomic E-state index is 14.8. The zero-order valence-electron chi connectivity index (χ0n) is 14.0. The van der Waals surface area contributed by atoms with Gasteiger partial charge < -0.3 is 10.8 Å². The molecule has 2 aromatic rings. The average Bonchev–Trinajstić information content (AvgIpc) is 2.94. The fraction of sp³-hybridized carbons (Fsp3) is 0.263. The van der Waals surface area contributed by atoms with Crippen LogP contribution in [-0.2, 0) is 4.79 Å². The van der Waals surface area contributed by atoms with Crippen molar-refractivity contribution in [1.82, 2.24) is 4.90 Å². The molecule has 1 amide bonds. The molecule has 1 unspecified atom stereocenters. The molecule has 0 bridgehead atoms. The van der Waals surface area contributed by atoms with E-state index in [0.29, 0.717) is 6.07 Å². The molecule has 2 aromatic carbocycles. The molecule has 0 aromatic heterocycles. The van der Waals surface area contributed by atoms with Crippen LogP contribution in [0.15, 0.2) is 42.5 Å². The number of nitrogens with zero attached hydrogens (tertiary/aromatic N) is 1. The Bertz CT molecular complexity index is 857. The number of hydrogen-bond acceptors (Lipinski definition) is 3. The average molecular weight is 360 g/mol. The number of carboxylic acids is 1. The highest BCUT2D eigenvalue weighted by Crippen LogP contribution is 2.44. The van der Waals surface area contributed by atoms with Crippen molar-refractivity contribution in [2.75, 3.05) is 13.6 Å². The van der Waals surface area contributed by atoms with Gasteiger partial charge in [-0.05, 0) is 30.3 Å². The first-order valence-electron chi connectivity index (χ1n) is 8.08. The number of likely N-dealkylation sites (tertiary alicyclic amines) is 1. The van der Waals surface area contributed by atoms with Gasteiger partial charge in [-0.15, -0.1) is 0 Å². The minimum Gasteiger partial charge on any atom is -0.478 e. The van der Waals surface area contributed by atoms with E-state index in [9.17, 15) is 18.4 Å². The molecular weight excluding hydrogens is 342 g/mol. The quantitative estimate of drug-likeness (QED) is 0.877. The molecule has 1 saturated heterocycles. The van der Waals surface area contributed by atoms with E-state index in [1.165, 1.54) is 0 Å². The van der Waals surface area contributed by atoms with Crippen LogP contribution in [0.2, 0.25) is 0 Å². The van der Waals surface area contributed by atoms with E-state index in [-0.39, 0.29) is 12.1 Å². The molecular formula is C19H18F2N2O3. The number of aromatic carboxylic acids is 1. The van der Waals surface area contributed by atoms with E-state index in [0.717, 1.165) is 11.6 Å². The zero-order chi connectivity index (χ0) is 19.0. The van der Waals surface area contributed by atoms with E-state index in [2.05, 4.69) is 0 Å². The third-order valence-electron chi connectivity index (χ3n) is 4.90. The van der Waals surface area contributed by atoms with Crippen molar-refractivity contribution in [3.05, 3.63) is 70.8 Å². The Morgan fingerprint density at radius 3 is 2.42 bits per heavy atom. The summed E-state index contributed by atoms with van der Waals surface area (Å²) >= 11 is 0. The van der Waals surface area contributed by atoms with E-state index in [1.54, 1.807) is 36.2 Å². The van der Waals surface area contributed by atoms with Crippen molar-refractivity contribution >= 4 is 11.9 Å². The Hall–Kier alpha value is -2.80. The molecule has 1 aliphatic rings. The number of carbonyl (C=O) groups is 2. The molecule has 0 radical (unpaired) electrons. The van der Waals surface area contributed by atoms with E-state index >= 15 is 0 Å². The Morgan fingerprint density at radius 1 is 1.19 bits per heavy atom. The van der Waals surface area contributed by atoms with Crippen molar-refractivity contribution in [3.63, 3.8) is 0 Å². The minimum atomic E-state index is -1.54. The van der Waals surface area contributed by atoms with Crippen LogP contribution in [0.25, 0.3) is 0 Å². The lowest BCUT2D eigenvalue weighted by atomic mass is 9.79. The van der Waals surface area contributed by atoms with Gasteiger partial charge >= 0.3 is 5.97 Å². The summed E-state index contributed by atoms with van der Waals surface area (Å²) in [4.78, 5) is 24.9. The molecule has 1 fully saturated rings. The summed E-state index contributed by atoms with van der Waals surface area (Å²) in [6.45, 7) is 0.243. The standard InChI is InChI=1S/C19H18F2N2O3/c1-23-9-14(12-7-11(20)8-13(16(12)21)19(25)26)15(17(23)18(22)24)10-5-3-2-4-6-10/h2-8,14-15,17H,9H2,1H3,(H2,22,24)(H,25,26)/t14?,15-,17-/m0/s1. The van der Waals surface area contributed by atoms with Crippen molar-refractivity contribution in [1.29, 1.82) is 0 Å². The number of hydrogen-bond donors (Lipinski definition) is 2. The predicted octanol–water partition coefficient (Wildman–Crippen LogP) is 2.33. The summed E-state index contributed by atoms with van der Waals surface area (Å²) in [6, 6.07) is 9.91. The van der Waals surface area contributed by atoms with Crippen LogP contribution in [0, 0.1) is 11.6 Å². The molecule has 1 heterocycles. The fourth-order valence-electron chi connectivity index (χ4n) is 3.84. The molecule has 0 saturated carbocycles. The number of carbonyl (C=O) groups excluding carboxylic acids is 1. The zero-order valence-corrected chi connectivity index (χ0v) is 14.0. The first kappa shape index (κ1) is 18.0. The first-order valence-corrected chi connectivity index (χ1v) is 8.08. The smallest absolute Gasteiger partial charge is 0.338 e. The fourth-order valence-corrected chi connectivity index (χ4v) is 3.84. The lowest BCUT2D eigenvalue weighted by Crippen LogP contribution is -2.41. The van der Waals surface area contributed by atoms with Crippen LogP contribution in [0.4, 0.5) is 8.78 Å². The second kappa shape index (κ2) is 6.84. The van der Waals surface area contributed by atoms with Gasteiger partial charge in [0, 0.05) is 18.4 Å². The summed E-state index contributed by atoms with van der Waals surface area (Å²) < 4.78 is 28.8. The maximum Gasteiger partial charge on any atom is 0.338 e. The Morgan fingerprint density at radius 2 is 1.85 bits per heavy atom. The van der Waals surface area contributed by atoms with Crippen LogP contribution in [0.3, 0.4) is 0 Å². The molecule has 5 nitrogen and oxygen atoms in total. The minimum absolute atomic E-state index is 0.0631. The number of primary amides is 1. The van der Waals surface area contributed by atoms with Gasteiger partial charge in [0.15, 0.2) is 0 Å². The Kier molecular flexibility index (Phi) is 4.73. The van der Waals surface area contributed by atoms with Crippen LogP contribution in [-0.4, -0.2) is 41.5 Å². The summed E-state index contributed by atoms with van der Waals surface area (Å²) in [7, 11) is 1.68. The first-order chi connectivity index (χ1) is 12.3. The third kappa shape index (κ3) is 3.06. The highest BCUT2D eigenvalue weighted by atomic mass is 19.1. The summed E-state index contributed by atoms with van der Waals surface area (Å²) in [5.74, 6) is -5.07. The number of nitrogens with two attached hydrogens (primary N) is 1. The van der Waals surface area contributed by atoms with Crippen molar-refractivity contribution in [2.24, 2.45) is 5.73 Å². The Balaban J connectivity index is 2.17. The molecule has 0 spiro atoms. The molecule has 3 atom stereocenters. The molecule has 136 valence electrons. The number of halogens is 2. The molecule has 0 aliphatic carbocycles. The summed E-state index contributed by atoms with van der Waals surface area (Å²) in [5, 5.41) is 9.14. The molecule has 26 heavy (non-hydrogen) atoms. The van der Waals surface area contributed by atoms with E-state index in [4.69, 9.17) is 10.8 Å². The van der Waals surface area contributed by atoms with E-state index in [1.807, 2.05) is 6.07 Å². The SMILES string of the molecule is CN1CC(c2cc(F)cc(C(=O)O)c2F)[C@H](c2ccccc2)[C@H]1C(N)=O. The monoisotopic (exact) mass is 360 g/mol. The van der Waals surface area contributed by atoms with Crippen LogP contribution < -0.4 is 5.73 Å². The van der Waals surface area contributed by atoms with Crippen LogP contribution >= 0.6 is 0 Å². The summed E-state index contributed by atoms with van der Waals surface area (Å²) in [6.07, 6.45) is 0. The lowest BCUT2D eigenvalue weighted by Gasteiger charge is -2.25. The molecule has 3 rings (SSSR count). The number of amides is 1. The molecule has 3 N–H and O–H groups in total. The number of carboxylic acid groups (broad SMARTS) is 1. The topological polar surface area (TPSA) is 83.6 Å². The highest BCUT2D eigenvalue weighted by molar-refractivity contribution is 5.88. The normalized spacial score (nSPS) is 23.1. The second-order valence-electron chi connectivity index (χ2n) is 6.49. The van der Waals surface area contributed by atoms with Gasteiger partial charge in [-0.1, -0.05) is 30.3 Å². The molecule has 7 heteroatoms. The van der Waals surface area contributed by atoms with Gasteiger partial charge in [-0.3, -0.25) is 9.69 Å². The number of rotatable bonds is 4. The van der Waals surface area contributed by atoms with Gasteiger partial charge in [-0.25, -0.2) is 13.6 Å². The maximum atomic E-state index is 14.8. The third-order valence-corrected chi connectivity index (χ3v) is 4.90. The van der Waals surface area contributed by atoms with Gasteiger partial charge in [0.25, 0.3) is 0 Å². The van der Waals surface area contributed by atoms with E-state index < -0.39 is 47.0 Å². The van der Waals surface area contributed by atoms with Gasteiger partial charge in [-0.2, -0.15) is 0 Å². The van der Waals surface area contributed by atoms with Gasteiger partial charge in [0.05, 0.1) is 11.6 Å². The van der Waals surface area contributed by atoms with Crippen molar-refractivity contribution in [2.45, 2.75) is 17.9 Å². The van der Waals surface area contributed by atoms with Gasteiger partial charge in [0.1, 0.15) is 11.6 Å². The largest absolute Gasteiger partial charge is 0.478 e. The van der Waals surface area contributed by atoms with Gasteiger partial charge in [0.2, 0.25) is 5.91 Å². The Labute approximate surface area is 149 Å². The van der Waals surface area contributed by atoms with Crippen molar-refractivity contribution < 1.29 is 23.5 Å². The number of benzene rings is 2. The highest BCUT2D eigenvalue weighted by Gasteiger charge is 2.45. The van der Waals surface area contributed by atoms with Crippen LogP contribution in [0.1, 0.15) is 33.3 Å². The summed E-state index contributed by atoms with van der Waals surface area (Å²) in [5.41, 5.74) is 5.53.